The summed E-state index contributed by atoms with van der Waals surface area (Å²) in [5.74, 6) is 2.19. The molecule has 0 unspecified atom stereocenters. The maximum Gasteiger partial charge on any atom is 0.219 e. The van der Waals surface area contributed by atoms with Crippen molar-refractivity contribution in [1.29, 1.82) is 0 Å². The van der Waals surface area contributed by atoms with Crippen LogP contribution in [0.1, 0.15) is 43.7 Å². The summed E-state index contributed by atoms with van der Waals surface area (Å²) in [4.78, 5) is 8.83. The Morgan fingerprint density at radius 2 is 2.03 bits per heavy atom. The molecule has 0 amide bonds. The van der Waals surface area contributed by atoms with E-state index in [-0.39, 0.29) is 29.8 Å². The normalized spacial score (nSPS) is 11.2. The molecule has 166 valence electrons. The maximum atomic E-state index is 13.2. The van der Waals surface area contributed by atoms with E-state index in [1.54, 1.807) is 24.4 Å². The summed E-state index contributed by atoms with van der Waals surface area (Å²) >= 11 is 0. The van der Waals surface area contributed by atoms with Crippen LogP contribution in [0, 0.1) is 5.82 Å². The molecule has 7 nitrogen and oxygen atoms in total. The Balaban J connectivity index is 0.00000341. The van der Waals surface area contributed by atoms with Gasteiger partial charge in [0.1, 0.15) is 11.6 Å². The molecule has 2 aromatic heterocycles. The zero-order chi connectivity index (χ0) is 21.3. The van der Waals surface area contributed by atoms with Crippen LogP contribution in [0.25, 0.3) is 0 Å². The van der Waals surface area contributed by atoms with Gasteiger partial charge in [-0.25, -0.2) is 14.4 Å². The van der Waals surface area contributed by atoms with Gasteiger partial charge in [0.15, 0.2) is 11.7 Å². The first-order valence-corrected chi connectivity index (χ1v) is 9.89. The highest BCUT2D eigenvalue weighted by Crippen LogP contribution is 2.20. The first-order valence-electron chi connectivity index (χ1n) is 9.89. The van der Waals surface area contributed by atoms with E-state index in [2.05, 4.69) is 39.6 Å². The number of hydrogen-bond acceptors (Lipinski definition) is 5. The smallest absolute Gasteiger partial charge is 0.219 e. The lowest BCUT2D eigenvalue weighted by Crippen LogP contribution is -2.36. The van der Waals surface area contributed by atoms with Crippen LogP contribution in [0.4, 0.5) is 4.39 Å². The minimum atomic E-state index is -0.354. The van der Waals surface area contributed by atoms with Crippen molar-refractivity contribution in [2.24, 2.45) is 4.99 Å². The van der Waals surface area contributed by atoms with E-state index in [9.17, 15) is 4.39 Å². The number of benzene rings is 1. The van der Waals surface area contributed by atoms with Crippen LogP contribution in [0.15, 0.2) is 58.2 Å². The van der Waals surface area contributed by atoms with E-state index < -0.39 is 0 Å². The van der Waals surface area contributed by atoms with Gasteiger partial charge in [0.05, 0.1) is 18.8 Å². The zero-order valence-corrected chi connectivity index (χ0v) is 20.1. The van der Waals surface area contributed by atoms with Crippen molar-refractivity contribution in [1.82, 2.24) is 20.8 Å². The first kappa shape index (κ1) is 24.6. The molecule has 0 atom stereocenters. The molecule has 0 aliphatic rings. The largest absolute Gasteiger partial charge is 0.439 e. The van der Waals surface area contributed by atoms with E-state index in [1.807, 2.05) is 19.1 Å². The maximum absolute atomic E-state index is 13.2. The van der Waals surface area contributed by atoms with Gasteiger partial charge in [0.25, 0.3) is 0 Å². The van der Waals surface area contributed by atoms with Gasteiger partial charge in [-0.3, -0.25) is 0 Å². The van der Waals surface area contributed by atoms with E-state index in [0.717, 1.165) is 23.6 Å². The third-order valence-corrected chi connectivity index (χ3v) is 4.18. The Kier molecular flexibility index (Phi) is 9.70. The number of pyridine rings is 1. The molecule has 0 fully saturated rings. The summed E-state index contributed by atoms with van der Waals surface area (Å²) < 4.78 is 24.1. The van der Waals surface area contributed by atoms with Gasteiger partial charge in [-0.05, 0) is 30.5 Å². The summed E-state index contributed by atoms with van der Waals surface area (Å²) in [6.07, 6.45) is 1.69. The fourth-order valence-corrected chi connectivity index (χ4v) is 2.58. The molecule has 2 heterocycles. The fourth-order valence-electron chi connectivity index (χ4n) is 2.58. The molecule has 0 bridgehead atoms. The highest BCUT2D eigenvalue weighted by Gasteiger charge is 2.08. The number of nitrogens with zero attached hydrogens (tertiary/aromatic N) is 3. The predicted molar refractivity (Wildman–Crippen MR) is 128 cm³/mol. The van der Waals surface area contributed by atoms with Crippen LogP contribution >= 0.6 is 24.0 Å². The van der Waals surface area contributed by atoms with Gasteiger partial charge in [0.2, 0.25) is 5.88 Å². The molecule has 0 saturated carbocycles. The molecule has 31 heavy (non-hydrogen) atoms. The monoisotopic (exact) mass is 539 g/mol. The van der Waals surface area contributed by atoms with Crippen molar-refractivity contribution >= 4 is 29.9 Å². The molecule has 3 aromatic rings. The second-order valence-corrected chi connectivity index (χ2v) is 6.99. The van der Waals surface area contributed by atoms with Gasteiger partial charge in [-0.2, -0.15) is 0 Å². The van der Waals surface area contributed by atoms with Crippen molar-refractivity contribution in [3.8, 4) is 11.6 Å². The van der Waals surface area contributed by atoms with E-state index in [4.69, 9.17) is 9.26 Å². The van der Waals surface area contributed by atoms with Crippen LogP contribution in [0.2, 0.25) is 0 Å². The SMILES string of the molecule is CCNC(=NCc1ccc(Oc2cccc(F)c2)nc1)NCc1cc(C(C)C)no1.I. The lowest BCUT2D eigenvalue weighted by molar-refractivity contribution is 0.372. The first-order chi connectivity index (χ1) is 14.5. The molecule has 2 N–H and O–H groups in total. The second-order valence-electron chi connectivity index (χ2n) is 6.99. The van der Waals surface area contributed by atoms with Gasteiger partial charge in [-0.1, -0.05) is 31.1 Å². The number of ether oxygens (including phenoxy) is 1. The Bertz CT molecular complexity index is 976. The zero-order valence-electron chi connectivity index (χ0n) is 17.8. The van der Waals surface area contributed by atoms with E-state index in [0.29, 0.717) is 36.6 Å². The highest BCUT2D eigenvalue weighted by molar-refractivity contribution is 14.0. The molecule has 0 aliphatic heterocycles. The van der Waals surface area contributed by atoms with Crippen molar-refractivity contribution < 1.29 is 13.7 Å². The average Bonchev–Trinajstić information content (AvgIpc) is 3.21. The van der Waals surface area contributed by atoms with Crippen molar-refractivity contribution in [2.45, 2.75) is 39.8 Å². The average molecular weight is 539 g/mol. The Morgan fingerprint density at radius 3 is 2.68 bits per heavy atom. The summed E-state index contributed by atoms with van der Waals surface area (Å²) in [5.41, 5.74) is 1.85. The number of halogens is 2. The lowest BCUT2D eigenvalue weighted by atomic mass is 10.1. The summed E-state index contributed by atoms with van der Waals surface area (Å²) in [5, 5.41) is 10.5. The van der Waals surface area contributed by atoms with Crippen molar-refractivity contribution in [3.63, 3.8) is 0 Å². The summed E-state index contributed by atoms with van der Waals surface area (Å²) in [7, 11) is 0. The van der Waals surface area contributed by atoms with Crippen LogP contribution < -0.4 is 15.4 Å². The van der Waals surface area contributed by atoms with Crippen LogP contribution in [0.5, 0.6) is 11.6 Å². The highest BCUT2D eigenvalue weighted by atomic mass is 127. The number of guanidine groups is 1. The Morgan fingerprint density at radius 1 is 1.19 bits per heavy atom. The van der Waals surface area contributed by atoms with Gasteiger partial charge in [0, 0.05) is 30.9 Å². The van der Waals surface area contributed by atoms with E-state index in [1.165, 1.54) is 12.1 Å². The number of nitrogens with one attached hydrogen (secondary N) is 2. The van der Waals surface area contributed by atoms with Crippen LogP contribution in [-0.4, -0.2) is 22.6 Å². The van der Waals surface area contributed by atoms with Gasteiger partial charge < -0.3 is 19.9 Å². The van der Waals surface area contributed by atoms with Gasteiger partial charge in [-0.15, -0.1) is 24.0 Å². The third kappa shape index (κ3) is 7.82. The second kappa shape index (κ2) is 12.2. The molecule has 0 saturated heterocycles. The quantitative estimate of drug-likeness (QED) is 0.238. The van der Waals surface area contributed by atoms with Crippen LogP contribution in [0.3, 0.4) is 0 Å². The number of hydrogen-bond donors (Lipinski definition) is 2. The van der Waals surface area contributed by atoms with Crippen LogP contribution in [-0.2, 0) is 13.1 Å². The minimum absolute atomic E-state index is 0. The third-order valence-electron chi connectivity index (χ3n) is 4.18. The lowest BCUT2D eigenvalue weighted by Gasteiger charge is -2.10. The molecule has 0 radical (unpaired) electrons. The summed E-state index contributed by atoms with van der Waals surface area (Å²) in [6.45, 7) is 7.81. The fraction of sp³-hybridized carbons (Fsp3) is 0.318. The summed E-state index contributed by atoms with van der Waals surface area (Å²) in [6, 6.07) is 11.5. The van der Waals surface area contributed by atoms with E-state index >= 15 is 0 Å². The predicted octanol–water partition coefficient (Wildman–Crippen LogP) is 5.00. The minimum Gasteiger partial charge on any atom is -0.439 e. The Labute approximate surface area is 198 Å². The Hall–Kier alpha value is -2.69. The van der Waals surface area contributed by atoms with Crippen molar-refractivity contribution in [2.75, 3.05) is 6.54 Å². The number of rotatable bonds is 8. The molecular weight excluding hydrogens is 512 g/mol. The van der Waals surface area contributed by atoms with Gasteiger partial charge >= 0.3 is 0 Å². The molecule has 9 heteroatoms. The molecule has 1 aromatic carbocycles. The number of aliphatic imine (C=N–C) groups is 1. The molecule has 0 spiro atoms. The molecular formula is C22H27FIN5O2. The topological polar surface area (TPSA) is 84.6 Å². The standard InChI is InChI=1S/C22H26FN5O2.HI/c1-4-24-22(27-14-19-11-20(15(2)3)28-30-19)26-13-16-8-9-21(25-12-16)29-18-7-5-6-17(23)10-18;/h5-12,15H,4,13-14H2,1-3H3,(H2,24,26,27);1H. The number of aromatic nitrogens is 2. The molecule has 3 rings (SSSR count). The van der Waals surface area contributed by atoms with Crippen molar-refractivity contribution in [3.05, 3.63) is 71.5 Å². The molecule has 0 aliphatic carbocycles.